The number of rotatable bonds is 4. The maximum atomic E-state index is 11.6. The van der Waals surface area contributed by atoms with Gasteiger partial charge in [-0.1, -0.05) is 0 Å². The topological polar surface area (TPSA) is 47.3 Å². The molecule has 0 aliphatic carbocycles. The van der Waals surface area contributed by atoms with Gasteiger partial charge in [-0.25, -0.2) is 4.39 Å². The molecule has 0 aromatic carbocycles. The van der Waals surface area contributed by atoms with Crippen LogP contribution in [0.25, 0.3) is 0 Å². The van der Waals surface area contributed by atoms with Crippen molar-refractivity contribution in [1.82, 2.24) is 5.32 Å². The molecular weight excluding hydrogens is 147 g/mol. The number of nitrogens with two attached hydrogens (primary N) is 1. The second-order valence-electron chi connectivity index (χ2n) is 2.85. The second kappa shape index (κ2) is 4.64. The summed E-state index contributed by atoms with van der Waals surface area (Å²) < 4.78 is 16.8. The maximum Gasteiger partial charge on any atom is 0.102 e. The molecule has 1 heterocycles. The van der Waals surface area contributed by atoms with Gasteiger partial charge in [0.05, 0.1) is 13.2 Å². The Morgan fingerprint density at radius 1 is 1.55 bits per heavy atom. The first-order chi connectivity index (χ1) is 5.34. The lowest BCUT2D eigenvalue weighted by Gasteiger charge is -2.12. The third-order valence-electron chi connectivity index (χ3n) is 1.93. The third kappa shape index (κ3) is 2.73. The van der Waals surface area contributed by atoms with Crippen LogP contribution in [0.3, 0.4) is 0 Å². The molecule has 11 heavy (non-hydrogen) atoms. The number of hydrogen-bond acceptors (Lipinski definition) is 3. The predicted octanol–water partition coefficient (Wildman–Crippen LogP) is -0.481. The summed E-state index contributed by atoms with van der Waals surface area (Å²) in [7, 11) is 0. The molecule has 0 amide bonds. The van der Waals surface area contributed by atoms with Gasteiger partial charge in [0, 0.05) is 25.0 Å². The molecule has 0 saturated carbocycles. The van der Waals surface area contributed by atoms with Crippen molar-refractivity contribution in [2.24, 2.45) is 11.7 Å². The SMILES string of the molecule is NC1COCC1CNCCF. The van der Waals surface area contributed by atoms with Gasteiger partial charge in [-0.15, -0.1) is 0 Å². The number of halogens is 1. The highest BCUT2D eigenvalue weighted by Gasteiger charge is 2.23. The summed E-state index contributed by atoms with van der Waals surface area (Å²) in [5.74, 6) is 0.363. The predicted molar refractivity (Wildman–Crippen MR) is 41.1 cm³/mol. The number of nitrogens with one attached hydrogen (secondary N) is 1. The summed E-state index contributed by atoms with van der Waals surface area (Å²) in [4.78, 5) is 0. The third-order valence-corrected chi connectivity index (χ3v) is 1.93. The minimum atomic E-state index is -0.317. The van der Waals surface area contributed by atoms with Gasteiger partial charge in [0.2, 0.25) is 0 Å². The lowest BCUT2D eigenvalue weighted by Crippen LogP contribution is -2.36. The smallest absolute Gasteiger partial charge is 0.102 e. The molecule has 2 atom stereocenters. The molecular formula is C7H15FN2O. The lowest BCUT2D eigenvalue weighted by atomic mass is 10.1. The first kappa shape index (κ1) is 8.90. The van der Waals surface area contributed by atoms with E-state index in [0.29, 0.717) is 25.7 Å². The fourth-order valence-corrected chi connectivity index (χ4v) is 1.18. The Bertz CT molecular complexity index is 113. The highest BCUT2D eigenvalue weighted by Crippen LogP contribution is 2.09. The van der Waals surface area contributed by atoms with Crippen LogP contribution in [0.5, 0.6) is 0 Å². The van der Waals surface area contributed by atoms with E-state index in [9.17, 15) is 4.39 Å². The van der Waals surface area contributed by atoms with Crippen molar-refractivity contribution in [1.29, 1.82) is 0 Å². The quantitative estimate of drug-likeness (QED) is 0.549. The molecule has 1 aliphatic rings. The highest BCUT2D eigenvalue weighted by molar-refractivity contribution is 4.79. The van der Waals surface area contributed by atoms with Crippen LogP contribution in [0.1, 0.15) is 0 Å². The molecule has 0 bridgehead atoms. The van der Waals surface area contributed by atoms with Gasteiger partial charge >= 0.3 is 0 Å². The van der Waals surface area contributed by atoms with Crippen molar-refractivity contribution in [2.75, 3.05) is 33.0 Å². The summed E-state index contributed by atoms with van der Waals surface area (Å²) in [6.45, 7) is 2.22. The van der Waals surface area contributed by atoms with Gasteiger partial charge in [0.25, 0.3) is 0 Å². The largest absolute Gasteiger partial charge is 0.379 e. The number of ether oxygens (including phenoxy) is 1. The van der Waals surface area contributed by atoms with Crippen LogP contribution in [-0.4, -0.2) is 39.0 Å². The molecule has 1 saturated heterocycles. The van der Waals surface area contributed by atoms with Crippen molar-refractivity contribution in [3.05, 3.63) is 0 Å². The van der Waals surface area contributed by atoms with E-state index in [-0.39, 0.29) is 12.7 Å². The molecule has 0 aromatic heterocycles. The molecule has 0 spiro atoms. The van der Waals surface area contributed by atoms with E-state index in [4.69, 9.17) is 10.5 Å². The summed E-state index contributed by atoms with van der Waals surface area (Å²) in [6.07, 6.45) is 0. The van der Waals surface area contributed by atoms with Gasteiger partial charge in [0.1, 0.15) is 6.67 Å². The summed E-state index contributed by atoms with van der Waals surface area (Å²) in [5, 5.41) is 2.97. The van der Waals surface area contributed by atoms with Crippen molar-refractivity contribution >= 4 is 0 Å². The molecule has 1 rings (SSSR count). The Kier molecular flexibility index (Phi) is 3.76. The van der Waals surface area contributed by atoms with E-state index in [1.54, 1.807) is 0 Å². The van der Waals surface area contributed by atoms with Crippen LogP contribution in [0, 0.1) is 5.92 Å². The summed E-state index contributed by atoms with van der Waals surface area (Å²) in [6, 6.07) is 0.127. The zero-order valence-corrected chi connectivity index (χ0v) is 6.55. The van der Waals surface area contributed by atoms with Crippen LogP contribution in [0.2, 0.25) is 0 Å². The second-order valence-corrected chi connectivity index (χ2v) is 2.85. The van der Waals surface area contributed by atoms with Gasteiger partial charge in [-0.2, -0.15) is 0 Å². The van der Waals surface area contributed by atoms with Gasteiger partial charge < -0.3 is 15.8 Å². The monoisotopic (exact) mass is 162 g/mol. The van der Waals surface area contributed by atoms with E-state index in [1.165, 1.54) is 0 Å². The Morgan fingerprint density at radius 2 is 2.36 bits per heavy atom. The van der Waals surface area contributed by atoms with Gasteiger partial charge in [-0.3, -0.25) is 0 Å². The van der Waals surface area contributed by atoms with Crippen molar-refractivity contribution in [3.8, 4) is 0 Å². The Morgan fingerprint density at radius 3 is 2.91 bits per heavy atom. The standard InChI is InChI=1S/C7H15FN2O/c8-1-2-10-3-6-4-11-5-7(6)9/h6-7,10H,1-5,9H2. The van der Waals surface area contributed by atoms with Crippen LogP contribution in [0.15, 0.2) is 0 Å². The normalized spacial score (nSPS) is 31.1. The van der Waals surface area contributed by atoms with Gasteiger partial charge in [0.15, 0.2) is 0 Å². The van der Waals surface area contributed by atoms with Gasteiger partial charge in [-0.05, 0) is 0 Å². The lowest BCUT2D eigenvalue weighted by molar-refractivity contribution is 0.183. The summed E-state index contributed by atoms with van der Waals surface area (Å²) in [5.41, 5.74) is 5.70. The Balaban J connectivity index is 2.05. The minimum Gasteiger partial charge on any atom is -0.379 e. The van der Waals surface area contributed by atoms with Crippen LogP contribution >= 0.6 is 0 Å². The Hall–Kier alpha value is -0.190. The van der Waals surface area contributed by atoms with E-state index >= 15 is 0 Å². The zero-order chi connectivity index (χ0) is 8.10. The van der Waals surface area contributed by atoms with Crippen molar-refractivity contribution in [2.45, 2.75) is 6.04 Å². The molecule has 1 fully saturated rings. The Labute approximate surface area is 66.1 Å². The molecule has 3 nitrogen and oxygen atoms in total. The molecule has 0 radical (unpaired) electrons. The molecule has 66 valence electrons. The summed E-state index contributed by atoms with van der Waals surface area (Å²) >= 11 is 0. The number of hydrogen-bond donors (Lipinski definition) is 2. The maximum absolute atomic E-state index is 11.6. The fourth-order valence-electron chi connectivity index (χ4n) is 1.18. The minimum absolute atomic E-state index is 0.127. The van der Waals surface area contributed by atoms with Crippen LogP contribution in [-0.2, 0) is 4.74 Å². The van der Waals surface area contributed by atoms with Crippen molar-refractivity contribution < 1.29 is 9.13 Å². The first-order valence-corrected chi connectivity index (χ1v) is 3.94. The number of alkyl halides is 1. The van der Waals surface area contributed by atoms with E-state index in [1.807, 2.05) is 0 Å². The van der Waals surface area contributed by atoms with Crippen LogP contribution in [0.4, 0.5) is 4.39 Å². The van der Waals surface area contributed by atoms with Crippen molar-refractivity contribution in [3.63, 3.8) is 0 Å². The average Bonchev–Trinajstić information content (AvgIpc) is 2.37. The van der Waals surface area contributed by atoms with Crippen LogP contribution < -0.4 is 11.1 Å². The average molecular weight is 162 g/mol. The fraction of sp³-hybridized carbons (Fsp3) is 1.00. The first-order valence-electron chi connectivity index (χ1n) is 3.94. The van der Waals surface area contributed by atoms with E-state index in [0.717, 1.165) is 6.54 Å². The molecule has 2 unspecified atom stereocenters. The molecule has 4 heteroatoms. The van der Waals surface area contributed by atoms with E-state index < -0.39 is 0 Å². The highest BCUT2D eigenvalue weighted by atomic mass is 19.1. The molecule has 0 aromatic rings. The van der Waals surface area contributed by atoms with E-state index in [2.05, 4.69) is 5.32 Å². The molecule has 3 N–H and O–H groups in total. The zero-order valence-electron chi connectivity index (χ0n) is 6.55. The molecule has 1 aliphatic heterocycles.